The number of hydrogen-bond acceptors (Lipinski definition) is 7. The van der Waals surface area contributed by atoms with Gasteiger partial charge in [0.25, 0.3) is 12.4 Å². The molecule has 40 heavy (non-hydrogen) atoms. The molecule has 8 nitrogen and oxygen atoms in total. The Labute approximate surface area is 229 Å². The monoisotopic (exact) mass is 547 g/mol. The molecule has 7 rings (SSSR count). The average molecular weight is 548 g/mol. The molecule has 208 valence electrons. The van der Waals surface area contributed by atoms with E-state index in [4.69, 9.17) is 14.1 Å². The lowest BCUT2D eigenvalue weighted by molar-refractivity contribution is 0.141. The van der Waals surface area contributed by atoms with E-state index in [2.05, 4.69) is 21.5 Å². The summed E-state index contributed by atoms with van der Waals surface area (Å²) in [5, 5.41) is 11.5. The fourth-order valence-corrected chi connectivity index (χ4v) is 6.58. The first-order valence-electron chi connectivity index (χ1n) is 14.0. The van der Waals surface area contributed by atoms with Gasteiger partial charge in [-0.05, 0) is 49.9 Å². The Hall–Kier alpha value is -3.95. The molecule has 0 bridgehead atoms. The zero-order valence-corrected chi connectivity index (χ0v) is 22.4. The maximum atomic E-state index is 13.9. The van der Waals surface area contributed by atoms with Crippen LogP contribution < -0.4 is 9.64 Å². The number of nitrogens with zero attached hydrogens (tertiary/aromatic N) is 5. The van der Waals surface area contributed by atoms with Crippen LogP contribution in [0.2, 0.25) is 0 Å². The lowest BCUT2D eigenvalue weighted by Crippen LogP contribution is -2.30. The first kappa shape index (κ1) is 25.0. The predicted octanol–water partition coefficient (Wildman–Crippen LogP) is 7.17. The lowest BCUT2D eigenvalue weighted by Gasteiger charge is -2.31. The van der Waals surface area contributed by atoms with E-state index in [0.717, 1.165) is 19.3 Å². The average Bonchev–Trinajstić information content (AvgIpc) is 3.61. The highest BCUT2D eigenvalue weighted by molar-refractivity contribution is 6.05. The third kappa shape index (κ3) is 4.03. The molecule has 2 aliphatic rings. The molecule has 0 amide bonds. The van der Waals surface area contributed by atoms with Crippen LogP contribution in [0.4, 0.5) is 14.6 Å². The number of imidazole rings is 1. The molecule has 0 spiro atoms. The standard InChI is InChI=1S/C30H31F2N5O3/c1-16-8-3-5-11-21(16)37-25-20(10-7-12-22(25)38)33-30(37)39-18-14-17(2)36(15-18)29-26-24(34-28(35-29)27(31)32)19-9-4-6-13-23(19)40-26/h4,6-7,9-10,12-13,16-18,21,27,38H,3,5,8,11,14-15H2,1-2H3/t16-,17+,18-,21?/m0/s1. The molecule has 1 aliphatic heterocycles. The summed E-state index contributed by atoms with van der Waals surface area (Å²) < 4.78 is 42.5. The van der Waals surface area contributed by atoms with Crippen LogP contribution in [0.25, 0.3) is 33.1 Å². The number of rotatable bonds is 5. The van der Waals surface area contributed by atoms with Gasteiger partial charge in [-0.1, -0.05) is 38.0 Å². The normalized spacial score (nSPS) is 23.7. The van der Waals surface area contributed by atoms with Crippen LogP contribution in [0, 0.1) is 5.92 Å². The predicted molar refractivity (Wildman–Crippen MR) is 148 cm³/mol. The second-order valence-corrected chi connectivity index (χ2v) is 11.2. The molecule has 3 aromatic heterocycles. The van der Waals surface area contributed by atoms with E-state index in [0.29, 0.717) is 63.8 Å². The van der Waals surface area contributed by atoms with Gasteiger partial charge in [-0.3, -0.25) is 4.57 Å². The third-order valence-electron chi connectivity index (χ3n) is 8.55. The number of aromatic nitrogens is 4. The van der Waals surface area contributed by atoms with Gasteiger partial charge in [0.1, 0.15) is 28.5 Å². The van der Waals surface area contributed by atoms with E-state index in [1.807, 2.05) is 36.1 Å². The summed E-state index contributed by atoms with van der Waals surface area (Å²) in [5.41, 5.74) is 2.74. The highest BCUT2D eigenvalue weighted by atomic mass is 19.3. The SMILES string of the molecule is C[C@@H]1C[C@H](Oc2nc3cccc(O)c3n2C2CCCC[C@@H]2C)CN1c1nc(C(F)F)nc2c1oc1ccccc12. The Bertz CT molecular complexity index is 1720. The van der Waals surface area contributed by atoms with Crippen molar-refractivity contribution in [2.75, 3.05) is 11.4 Å². The van der Waals surface area contributed by atoms with Gasteiger partial charge in [-0.2, -0.15) is 4.98 Å². The zero-order chi connectivity index (χ0) is 27.5. The summed E-state index contributed by atoms with van der Waals surface area (Å²) in [4.78, 5) is 15.2. The Kier molecular flexibility index (Phi) is 6.01. The van der Waals surface area contributed by atoms with Crippen LogP contribution >= 0.6 is 0 Å². The van der Waals surface area contributed by atoms with Crippen LogP contribution in [-0.2, 0) is 0 Å². The summed E-state index contributed by atoms with van der Waals surface area (Å²) in [6.07, 6.45) is 1.97. The molecule has 1 aliphatic carbocycles. The molecular formula is C30H31F2N5O3. The number of alkyl halides is 2. The van der Waals surface area contributed by atoms with E-state index < -0.39 is 12.2 Å². The highest BCUT2D eigenvalue weighted by Gasteiger charge is 2.37. The number of hydrogen-bond donors (Lipinski definition) is 1. The van der Waals surface area contributed by atoms with Crippen molar-refractivity contribution in [3.63, 3.8) is 0 Å². The number of phenols is 1. The molecule has 2 aromatic carbocycles. The molecule has 1 unspecified atom stereocenters. The van der Waals surface area contributed by atoms with Crippen LogP contribution in [0.5, 0.6) is 11.8 Å². The number of furan rings is 1. The molecule has 2 fully saturated rings. The van der Waals surface area contributed by atoms with Gasteiger partial charge >= 0.3 is 0 Å². The van der Waals surface area contributed by atoms with E-state index in [-0.39, 0.29) is 23.9 Å². The van der Waals surface area contributed by atoms with Crippen molar-refractivity contribution in [1.29, 1.82) is 0 Å². The summed E-state index contributed by atoms with van der Waals surface area (Å²) >= 11 is 0. The first-order valence-corrected chi connectivity index (χ1v) is 14.0. The van der Waals surface area contributed by atoms with Crippen molar-refractivity contribution in [3.05, 3.63) is 48.3 Å². The van der Waals surface area contributed by atoms with E-state index in [1.54, 1.807) is 18.2 Å². The summed E-state index contributed by atoms with van der Waals surface area (Å²) in [7, 11) is 0. The molecule has 0 radical (unpaired) electrons. The highest BCUT2D eigenvalue weighted by Crippen LogP contribution is 2.42. The zero-order valence-electron chi connectivity index (χ0n) is 22.4. The number of ether oxygens (including phenoxy) is 1. The molecule has 1 saturated heterocycles. The lowest BCUT2D eigenvalue weighted by atomic mass is 9.85. The van der Waals surface area contributed by atoms with Crippen LogP contribution in [-0.4, -0.2) is 43.3 Å². The van der Waals surface area contributed by atoms with Gasteiger partial charge < -0.3 is 19.2 Å². The number of benzene rings is 2. The van der Waals surface area contributed by atoms with Crippen molar-refractivity contribution in [2.45, 2.75) is 70.6 Å². The Morgan fingerprint density at radius 3 is 2.67 bits per heavy atom. The fraction of sp³-hybridized carbons (Fsp3) is 0.433. The second kappa shape index (κ2) is 9.60. The molecule has 5 aromatic rings. The second-order valence-electron chi connectivity index (χ2n) is 11.2. The fourth-order valence-electron chi connectivity index (χ4n) is 6.58. The molecular weight excluding hydrogens is 516 g/mol. The minimum atomic E-state index is -2.81. The van der Waals surface area contributed by atoms with Crippen LogP contribution in [0.1, 0.15) is 64.2 Å². The van der Waals surface area contributed by atoms with Gasteiger partial charge in [0, 0.05) is 23.9 Å². The van der Waals surface area contributed by atoms with Gasteiger partial charge in [-0.15, -0.1) is 0 Å². The van der Waals surface area contributed by atoms with Gasteiger partial charge in [0.05, 0.1) is 12.1 Å². The minimum absolute atomic E-state index is 0.0540. The van der Waals surface area contributed by atoms with Crippen molar-refractivity contribution in [2.24, 2.45) is 5.92 Å². The summed E-state index contributed by atoms with van der Waals surface area (Å²) in [6.45, 7) is 4.69. The van der Waals surface area contributed by atoms with Crippen molar-refractivity contribution >= 4 is 38.9 Å². The number of fused-ring (bicyclic) bond motifs is 4. The number of phenolic OH excluding ortho intramolecular Hbond substituents is 1. The topological polar surface area (TPSA) is 89.4 Å². The van der Waals surface area contributed by atoms with Crippen LogP contribution in [0.3, 0.4) is 0 Å². The summed E-state index contributed by atoms with van der Waals surface area (Å²) in [5.74, 6) is 0.436. The van der Waals surface area contributed by atoms with Gasteiger partial charge in [0.2, 0.25) is 0 Å². The molecule has 1 N–H and O–H groups in total. The minimum Gasteiger partial charge on any atom is -0.506 e. The van der Waals surface area contributed by atoms with Gasteiger partial charge in [0.15, 0.2) is 17.2 Å². The third-order valence-corrected chi connectivity index (χ3v) is 8.55. The quantitative estimate of drug-likeness (QED) is 0.250. The molecule has 1 saturated carbocycles. The van der Waals surface area contributed by atoms with Gasteiger partial charge in [-0.25, -0.2) is 18.7 Å². The van der Waals surface area contributed by atoms with Crippen molar-refractivity contribution in [1.82, 2.24) is 19.5 Å². The van der Waals surface area contributed by atoms with Crippen LogP contribution in [0.15, 0.2) is 46.9 Å². The molecule has 10 heteroatoms. The number of halogens is 2. The summed E-state index contributed by atoms with van der Waals surface area (Å²) in [6, 6.07) is 13.3. The Morgan fingerprint density at radius 2 is 1.85 bits per heavy atom. The van der Waals surface area contributed by atoms with E-state index in [1.165, 1.54) is 6.42 Å². The first-order chi connectivity index (χ1) is 19.4. The van der Waals surface area contributed by atoms with E-state index in [9.17, 15) is 13.9 Å². The maximum absolute atomic E-state index is 13.9. The van der Waals surface area contributed by atoms with Crippen molar-refractivity contribution < 1.29 is 23.0 Å². The van der Waals surface area contributed by atoms with E-state index >= 15 is 0 Å². The Morgan fingerprint density at radius 1 is 1.02 bits per heavy atom. The molecule has 4 heterocycles. The van der Waals surface area contributed by atoms with Crippen molar-refractivity contribution in [3.8, 4) is 11.8 Å². The smallest absolute Gasteiger partial charge is 0.298 e. The number of para-hydroxylation sites is 2. The number of anilines is 1. The Balaban J connectivity index is 1.26. The molecule has 4 atom stereocenters. The maximum Gasteiger partial charge on any atom is 0.298 e. The largest absolute Gasteiger partial charge is 0.506 e. The number of aromatic hydroxyl groups is 1.